The molecule has 0 spiro atoms. The van der Waals surface area contributed by atoms with Crippen molar-refractivity contribution in [3.05, 3.63) is 45.9 Å². The number of phenolic OH excluding ortho intramolecular Hbond substituents is 1. The normalized spacial score (nSPS) is 11.8. The fourth-order valence-electron chi connectivity index (χ4n) is 1.64. The lowest BCUT2D eigenvalue weighted by Gasteiger charge is -2.15. The van der Waals surface area contributed by atoms with Gasteiger partial charge in [0.05, 0.1) is 6.21 Å². The smallest absolute Gasteiger partial charge is 0.274 e. The van der Waals surface area contributed by atoms with E-state index < -0.39 is 0 Å². The second-order valence-corrected chi connectivity index (χ2v) is 5.53. The molecule has 0 aliphatic carbocycles. The third-order valence-electron chi connectivity index (χ3n) is 2.72. The topological polar surface area (TPSA) is 103 Å². The molecule has 0 bridgehead atoms. The van der Waals surface area contributed by atoms with Crippen LogP contribution in [-0.4, -0.2) is 26.5 Å². The summed E-state index contributed by atoms with van der Waals surface area (Å²) in [7, 11) is 0. The van der Waals surface area contributed by atoms with Crippen LogP contribution in [0.15, 0.2) is 34.2 Å². The van der Waals surface area contributed by atoms with Crippen molar-refractivity contribution < 1.29 is 5.11 Å². The Morgan fingerprint density at radius 3 is 2.62 bits per heavy atom. The molecule has 3 N–H and O–H groups in total. The number of nitrogens with zero attached hydrogens (tertiary/aromatic N) is 3. The van der Waals surface area contributed by atoms with Gasteiger partial charge in [-0.25, -0.2) is 5.43 Å². The maximum Gasteiger partial charge on any atom is 0.274 e. The molecular formula is C14H17N5O2. The van der Waals surface area contributed by atoms with E-state index >= 15 is 0 Å². The number of nitrogens with one attached hydrogen (secondary N) is 2. The van der Waals surface area contributed by atoms with Gasteiger partial charge in [0, 0.05) is 11.0 Å². The minimum absolute atomic E-state index is 0.116. The lowest BCUT2D eigenvalue weighted by molar-refractivity contribution is 0.474. The Morgan fingerprint density at radius 2 is 2.00 bits per heavy atom. The Hall–Kier alpha value is -2.70. The predicted molar refractivity (Wildman–Crippen MR) is 80.7 cm³/mol. The summed E-state index contributed by atoms with van der Waals surface area (Å²) in [4.78, 5) is 14.5. The largest absolute Gasteiger partial charge is 0.507 e. The first-order valence-electron chi connectivity index (χ1n) is 6.42. The van der Waals surface area contributed by atoms with Crippen LogP contribution in [0.4, 0.5) is 5.95 Å². The Bertz CT molecular complexity index is 716. The van der Waals surface area contributed by atoms with Crippen LogP contribution in [0, 0.1) is 0 Å². The van der Waals surface area contributed by atoms with E-state index in [1.165, 1.54) is 6.21 Å². The SMILES string of the molecule is CC(C)(C)c1nnc(NN=Cc2ccccc2O)[nH]c1=O. The van der Waals surface area contributed by atoms with Crippen LogP contribution in [-0.2, 0) is 5.41 Å². The van der Waals surface area contributed by atoms with Crippen molar-refractivity contribution in [2.75, 3.05) is 5.43 Å². The summed E-state index contributed by atoms with van der Waals surface area (Å²) >= 11 is 0. The Kier molecular flexibility index (Phi) is 4.02. The number of aromatic amines is 1. The molecule has 0 atom stereocenters. The summed E-state index contributed by atoms with van der Waals surface area (Å²) in [5.41, 5.74) is 2.79. The lowest BCUT2D eigenvalue weighted by Crippen LogP contribution is -2.28. The molecular weight excluding hydrogens is 270 g/mol. The number of H-pyrrole nitrogens is 1. The number of hydrazone groups is 1. The molecule has 0 unspecified atom stereocenters. The summed E-state index contributed by atoms with van der Waals surface area (Å²) in [5.74, 6) is 0.255. The van der Waals surface area contributed by atoms with Gasteiger partial charge < -0.3 is 5.11 Å². The van der Waals surface area contributed by atoms with Crippen molar-refractivity contribution in [1.29, 1.82) is 0 Å². The maximum absolute atomic E-state index is 11.9. The highest BCUT2D eigenvalue weighted by Gasteiger charge is 2.20. The quantitative estimate of drug-likeness (QED) is 0.588. The summed E-state index contributed by atoms with van der Waals surface area (Å²) in [6, 6.07) is 6.76. The highest BCUT2D eigenvalue weighted by Crippen LogP contribution is 2.15. The van der Waals surface area contributed by atoms with Gasteiger partial charge in [-0.1, -0.05) is 32.9 Å². The van der Waals surface area contributed by atoms with E-state index in [1.807, 2.05) is 20.8 Å². The fourth-order valence-corrected chi connectivity index (χ4v) is 1.64. The molecule has 110 valence electrons. The number of benzene rings is 1. The molecule has 0 saturated heterocycles. The number of para-hydroxylation sites is 1. The number of hydrogen-bond acceptors (Lipinski definition) is 6. The van der Waals surface area contributed by atoms with E-state index in [4.69, 9.17) is 0 Å². The van der Waals surface area contributed by atoms with Crippen molar-refractivity contribution in [2.24, 2.45) is 5.10 Å². The van der Waals surface area contributed by atoms with Crippen LogP contribution in [0.2, 0.25) is 0 Å². The molecule has 0 aliphatic heterocycles. The molecule has 1 aromatic carbocycles. The van der Waals surface area contributed by atoms with Crippen LogP contribution in [0.5, 0.6) is 5.75 Å². The van der Waals surface area contributed by atoms with Crippen LogP contribution in [0.1, 0.15) is 32.0 Å². The third-order valence-corrected chi connectivity index (χ3v) is 2.72. The van der Waals surface area contributed by atoms with E-state index in [2.05, 4.69) is 25.7 Å². The van der Waals surface area contributed by atoms with E-state index in [-0.39, 0.29) is 22.7 Å². The van der Waals surface area contributed by atoms with Crippen molar-refractivity contribution in [2.45, 2.75) is 26.2 Å². The second-order valence-electron chi connectivity index (χ2n) is 5.53. The van der Waals surface area contributed by atoms with Crippen molar-refractivity contribution >= 4 is 12.2 Å². The number of hydrogen-bond donors (Lipinski definition) is 3. The highest BCUT2D eigenvalue weighted by atomic mass is 16.3. The van der Waals surface area contributed by atoms with Crippen molar-refractivity contribution in [3.63, 3.8) is 0 Å². The Morgan fingerprint density at radius 1 is 1.29 bits per heavy atom. The van der Waals surface area contributed by atoms with E-state index in [1.54, 1.807) is 24.3 Å². The monoisotopic (exact) mass is 287 g/mol. The number of anilines is 1. The number of phenols is 1. The van der Waals surface area contributed by atoms with Crippen molar-refractivity contribution in [3.8, 4) is 5.75 Å². The molecule has 0 saturated carbocycles. The second kappa shape index (κ2) is 5.74. The maximum atomic E-state index is 11.9. The summed E-state index contributed by atoms with van der Waals surface area (Å²) < 4.78 is 0. The number of aromatic nitrogens is 3. The zero-order valence-electron chi connectivity index (χ0n) is 12.1. The number of rotatable bonds is 3. The molecule has 2 aromatic rings. The molecule has 0 radical (unpaired) electrons. The average molecular weight is 287 g/mol. The molecule has 7 heteroatoms. The molecule has 21 heavy (non-hydrogen) atoms. The number of aromatic hydroxyl groups is 1. The minimum Gasteiger partial charge on any atom is -0.507 e. The average Bonchev–Trinajstić information content (AvgIpc) is 2.39. The Labute approximate surface area is 121 Å². The van der Waals surface area contributed by atoms with E-state index in [0.717, 1.165) is 0 Å². The van der Waals surface area contributed by atoms with Gasteiger partial charge in [0.1, 0.15) is 11.4 Å². The molecule has 1 aromatic heterocycles. The molecule has 2 rings (SSSR count). The minimum atomic E-state index is -0.377. The van der Waals surface area contributed by atoms with Gasteiger partial charge >= 0.3 is 0 Å². The van der Waals surface area contributed by atoms with Crippen LogP contribution < -0.4 is 11.0 Å². The summed E-state index contributed by atoms with van der Waals surface area (Å²) in [5, 5.41) is 21.3. The van der Waals surface area contributed by atoms with Crippen LogP contribution in [0.25, 0.3) is 0 Å². The first-order valence-corrected chi connectivity index (χ1v) is 6.42. The van der Waals surface area contributed by atoms with Gasteiger partial charge in [0.25, 0.3) is 5.56 Å². The zero-order valence-corrected chi connectivity index (χ0v) is 12.1. The molecule has 0 aliphatic rings. The van der Waals surface area contributed by atoms with Crippen LogP contribution >= 0.6 is 0 Å². The highest BCUT2D eigenvalue weighted by molar-refractivity contribution is 5.83. The molecule has 1 heterocycles. The first kappa shape index (κ1) is 14.7. The molecule has 0 fully saturated rings. The van der Waals surface area contributed by atoms with Gasteiger partial charge in [0.2, 0.25) is 5.95 Å². The zero-order chi connectivity index (χ0) is 15.5. The van der Waals surface area contributed by atoms with Crippen LogP contribution in [0.3, 0.4) is 0 Å². The predicted octanol–water partition coefficient (Wildman–Crippen LogP) is 1.61. The Balaban J connectivity index is 2.13. The standard InChI is InChI=1S/C14H17N5O2/c1-14(2,3)11-12(21)16-13(19-17-11)18-15-8-9-6-4-5-7-10(9)20/h4-8,20H,1-3H3,(H2,16,18,19,21). The third kappa shape index (κ3) is 3.65. The van der Waals surface area contributed by atoms with Gasteiger partial charge in [-0.05, 0) is 12.1 Å². The van der Waals surface area contributed by atoms with E-state index in [0.29, 0.717) is 11.3 Å². The summed E-state index contributed by atoms with van der Waals surface area (Å²) in [6.45, 7) is 5.65. The van der Waals surface area contributed by atoms with Gasteiger partial charge in [-0.3, -0.25) is 9.78 Å². The fraction of sp³-hybridized carbons (Fsp3) is 0.286. The van der Waals surface area contributed by atoms with E-state index in [9.17, 15) is 9.90 Å². The van der Waals surface area contributed by atoms with Gasteiger partial charge in [-0.2, -0.15) is 5.10 Å². The lowest BCUT2D eigenvalue weighted by atomic mass is 9.93. The van der Waals surface area contributed by atoms with Gasteiger partial charge in [0.15, 0.2) is 0 Å². The summed E-state index contributed by atoms with van der Waals surface area (Å²) in [6.07, 6.45) is 1.42. The molecule has 7 nitrogen and oxygen atoms in total. The molecule has 0 amide bonds. The van der Waals surface area contributed by atoms with Gasteiger partial charge in [-0.15, -0.1) is 10.2 Å². The first-order chi connectivity index (χ1) is 9.88. The van der Waals surface area contributed by atoms with Crippen molar-refractivity contribution in [1.82, 2.24) is 15.2 Å².